The van der Waals surface area contributed by atoms with Crippen molar-refractivity contribution in [3.05, 3.63) is 0 Å². The van der Waals surface area contributed by atoms with Crippen LogP contribution in [0.2, 0.25) is 0 Å². The third kappa shape index (κ3) is 8.26. The third-order valence-corrected chi connectivity index (χ3v) is 2.65. The van der Waals surface area contributed by atoms with Gasteiger partial charge in [-0.1, -0.05) is 37.4 Å². The zero-order chi connectivity index (χ0) is 7.66. The summed E-state index contributed by atoms with van der Waals surface area (Å²) in [6.45, 7) is 4.35. The van der Waals surface area contributed by atoms with Crippen LogP contribution in [0.5, 0.6) is 0 Å². The first-order valence-corrected chi connectivity index (χ1v) is 5.62. The first-order valence-electron chi connectivity index (χ1n) is 3.65. The van der Waals surface area contributed by atoms with Crippen molar-refractivity contribution in [2.45, 2.75) is 26.7 Å². The van der Waals surface area contributed by atoms with Gasteiger partial charge < -0.3 is 0 Å². The van der Waals surface area contributed by atoms with Gasteiger partial charge in [-0.2, -0.15) is 0 Å². The molecule has 0 rings (SSSR count). The lowest BCUT2D eigenvalue weighted by Gasteiger charge is -1.84. The Labute approximate surface area is 72.5 Å². The molecule has 0 bridgehead atoms. The van der Waals surface area contributed by atoms with Gasteiger partial charge in [-0.15, -0.1) is 0 Å². The molecule has 0 aliphatic rings. The maximum absolute atomic E-state index is 3.05. The summed E-state index contributed by atoms with van der Waals surface area (Å²) in [5.41, 5.74) is 0. The highest BCUT2D eigenvalue weighted by atomic mass is 32.2. The summed E-state index contributed by atoms with van der Waals surface area (Å²) in [5.74, 6) is 2.33. The highest BCUT2D eigenvalue weighted by Gasteiger charge is 1.78. The molecule has 0 aliphatic carbocycles. The second kappa shape index (κ2) is 9.26. The van der Waals surface area contributed by atoms with Crippen LogP contribution >= 0.6 is 23.5 Å². The molecule has 0 spiro atoms. The third-order valence-electron chi connectivity index (χ3n) is 0.798. The summed E-state index contributed by atoms with van der Waals surface area (Å²) in [4.78, 5) is 0. The molecule has 0 saturated heterocycles. The maximum Gasteiger partial charge on any atom is 0.00543 e. The van der Waals surface area contributed by atoms with E-state index >= 15 is 0 Å². The molecule has 0 unspecified atom stereocenters. The van der Waals surface area contributed by atoms with E-state index in [2.05, 4.69) is 24.4 Å². The maximum atomic E-state index is 3.05. The van der Waals surface area contributed by atoms with E-state index in [1.54, 1.807) is 23.5 Å². The Morgan fingerprint density at radius 1 is 0.900 bits per heavy atom. The summed E-state index contributed by atoms with van der Waals surface area (Å²) in [6.07, 6.45) is 2.44. The molecular weight excluding hydrogens is 160 g/mol. The number of hydrogen-bond donors (Lipinski definition) is 0. The van der Waals surface area contributed by atoms with E-state index in [0.29, 0.717) is 0 Å². The highest BCUT2D eigenvalue weighted by molar-refractivity contribution is 8.07. The normalized spacial score (nSPS) is 8.60. The van der Waals surface area contributed by atoms with E-state index < -0.39 is 0 Å². The molecule has 58 valence electrons. The number of rotatable bonds is 4. The monoisotopic (exact) mass is 174 g/mol. The lowest BCUT2D eigenvalue weighted by atomic mass is 10.6. The molecule has 0 heterocycles. The van der Waals surface area contributed by atoms with Gasteiger partial charge in [0.25, 0.3) is 0 Å². The Bertz CT molecular complexity index is 98.2. The largest absolute Gasteiger partial charge is 0.0742 e. The van der Waals surface area contributed by atoms with E-state index in [9.17, 15) is 0 Å². The summed E-state index contributed by atoms with van der Waals surface area (Å²) >= 11 is 3.44. The molecule has 0 fully saturated rings. The molecule has 0 atom stereocenters. The van der Waals surface area contributed by atoms with Crippen LogP contribution in [0, 0.1) is 10.5 Å². The van der Waals surface area contributed by atoms with E-state index in [0.717, 1.165) is 0 Å². The van der Waals surface area contributed by atoms with Crippen molar-refractivity contribution in [3.8, 4) is 10.5 Å². The van der Waals surface area contributed by atoms with Gasteiger partial charge in [0, 0.05) is 11.5 Å². The quantitative estimate of drug-likeness (QED) is 0.474. The molecule has 0 aromatic rings. The molecule has 0 saturated carbocycles. The van der Waals surface area contributed by atoms with Crippen molar-refractivity contribution >= 4 is 23.5 Å². The van der Waals surface area contributed by atoms with Crippen LogP contribution in [-0.4, -0.2) is 11.5 Å². The van der Waals surface area contributed by atoms with E-state index in [1.807, 2.05) is 0 Å². The van der Waals surface area contributed by atoms with Gasteiger partial charge in [0.1, 0.15) is 0 Å². The first-order chi connectivity index (χ1) is 4.91. The minimum absolute atomic E-state index is 1.17. The van der Waals surface area contributed by atoms with Gasteiger partial charge in [0.15, 0.2) is 0 Å². The summed E-state index contributed by atoms with van der Waals surface area (Å²) in [6, 6.07) is 0. The fraction of sp³-hybridized carbons (Fsp3) is 0.750. The second-order valence-corrected chi connectivity index (χ2v) is 3.70. The summed E-state index contributed by atoms with van der Waals surface area (Å²) in [5, 5.41) is 6.10. The lowest BCUT2D eigenvalue weighted by Crippen LogP contribution is -1.68. The van der Waals surface area contributed by atoms with Gasteiger partial charge in [-0.3, -0.25) is 0 Å². The second-order valence-electron chi connectivity index (χ2n) is 1.90. The molecule has 0 aromatic heterocycles. The smallest absolute Gasteiger partial charge is 0.00543 e. The first kappa shape index (κ1) is 10.3. The Kier molecular flexibility index (Phi) is 9.50. The molecule has 0 amide bonds. The van der Waals surface area contributed by atoms with Crippen LogP contribution in [0.4, 0.5) is 0 Å². The minimum atomic E-state index is 1.17. The molecule has 0 nitrogen and oxygen atoms in total. The predicted molar refractivity (Wildman–Crippen MR) is 53.3 cm³/mol. The van der Waals surface area contributed by atoms with Crippen molar-refractivity contribution < 1.29 is 0 Å². The van der Waals surface area contributed by atoms with Crippen LogP contribution in [-0.2, 0) is 0 Å². The van der Waals surface area contributed by atoms with Crippen molar-refractivity contribution in [1.82, 2.24) is 0 Å². The zero-order valence-corrected chi connectivity index (χ0v) is 8.28. The van der Waals surface area contributed by atoms with Crippen LogP contribution < -0.4 is 0 Å². The topological polar surface area (TPSA) is 0 Å². The van der Waals surface area contributed by atoms with Gasteiger partial charge in [-0.05, 0) is 23.3 Å². The number of thioether (sulfide) groups is 2. The van der Waals surface area contributed by atoms with Crippen molar-refractivity contribution in [2.24, 2.45) is 0 Å². The molecule has 0 radical (unpaired) electrons. The van der Waals surface area contributed by atoms with E-state index in [4.69, 9.17) is 0 Å². The molecular formula is C8H14S2. The molecule has 10 heavy (non-hydrogen) atoms. The lowest BCUT2D eigenvalue weighted by molar-refractivity contribution is 1.11. The van der Waals surface area contributed by atoms with Crippen molar-refractivity contribution in [1.29, 1.82) is 0 Å². The van der Waals surface area contributed by atoms with Gasteiger partial charge in [0.2, 0.25) is 0 Å². The average molecular weight is 174 g/mol. The van der Waals surface area contributed by atoms with Crippen molar-refractivity contribution in [3.63, 3.8) is 0 Å². The Morgan fingerprint density at radius 3 is 1.60 bits per heavy atom. The SMILES string of the molecule is CCCSC#CSCCC. The highest BCUT2D eigenvalue weighted by Crippen LogP contribution is 2.03. The average Bonchev–Trinajstić information content (AvgIpc) is 1.97. The van der Waals surface area contributed by atoms with Crippen molar-refractivity contribution in [2.75, 3.05) is 11.5 Å². The Morgan fingerprint density at radius 2 is 1.30 bits per heavy atom. The fourth-order valence-electron chi connectivity index (χ4n) is 0.365. The van der Waals surface area contributed by atoms with Gasteiger partial charge >= 0.3 is 0 Å². The molecule has 0 aliphatic heterocycles. The summed E-state index contributed by atoms with van der Waals surface area (Å²) in [7, 11) is 0. The predicted octanol–water partition coefficient (Wildman–Crippen LogP) is 3.19. The van der Waals surface area contributed by atoms with Crippen LogP contribution in [0.1, 0.15) is 26.7 Å². The minimum Gasteiger partial charge on any atom is -0.0742 e. The van der Waals surface area contributed by atoms with Gasteiger partial charge in [0.05, 0.1) is 0 Å². The fourth-order valence-corrected chi connectivity index (χ4v) is 1.45. The molecule has 2 heteroatoms. The van der Waals surface area contributed by atoms with E-state index in [-0.39, 0.29) is 0 Å². The Hall–Kier alpha value is 0.260. The summed E-state index contributed by atoms with van der Waals surface area (Å²) < 4.78 is 0. The van der Waals surface area contributed by atoms with Crippen LogP contribution in [0.15, 0.2) is 0 Å². The Balaban J connectivity index is 2.98. The molecule has 0 N–H and O–H groups in total. The van der Waals surface area contributed by atoms with Gasteiger partial charge in [-0.25, -0.2) is 0 Å². The van der Waals surface area contributed by atoms with E-state index in [1.165, 1.54) is 24.3 Å². The van der Waals surface area contributed by atoms with Crippen LogP contribution in [0.25, 0.3) is 0 Å². The standard InChI is InChI=1S/C8H14S2/c1-3-5-9-7-8-10-6-4-2/h3-6H2,1-2H3. The van der Waals surface area contributed by atoms with Crippen LogP contribution in [0.3, 0.4) is 0 Å². The number of hydrogen-bond acceptors (Lipinski definition) is 2. The molecule has 0 aromatic carbocycles. The zero-order valence-electron chi connectivity index (χ0n) is 6.64.